The predicted molar refractivity (Wildman–Crippen MR) is 50.4 cm³/mol. The van der Waals surface area contributed by atoms with E-state index in [2.05, 4.69) is 6.92 Å². The van der Waals surface area contributed by atoms with E-state index < -0.39 is 0 Å². The molecule has 0 aromatic carbocycles. The summed E-state index contributed by atoms with van der Waals surface area (Å²) in [6.45, 7) is 4.88. The number of aromatic nitrogens is 1. The zero-order valence-electron chi connectivity index (χ0n) is 7.71. The van der Waals surface area contributed by atoms with Gasteiger partial charge in [0.15, 0.2) is 0 Å². The molecule has 0 saturated carbocycles. The largest absolute Gasteiger partial charge is 0.316 e. The average Bonchev–Trinajstić information content (AvgIpc) is 2.09. The zero-order chi connectivity index (χ0) is 8.97. The minimum atomic E-state index is 0.0948. The fourth-order valence-corrected chi connectivity index (χ4v) is 1.26. The van der Waals surface area contributed by atoms with E-state index in [0.717, 1.165) is 19.4 Å². The number of aryl methyl sites for hydroxylation is 2. The topological polar surface area (TPSA) is 22.0 Å². The van der Waals surface area contributed by atoms with Gasteiger partial charge in [-0.3, -0.25) is 4.79 Å². The van der Waals surface area contributed by atoms with Crippen LogP contribution >= 0.6 is 0 Å². The monoisotopic (exact) mass is 165 g/mol. The third-order valence-electron chi connectivity index (χ3n) is 1.92. The first kappa shape index (κ1) is 9.04. The van der Waals surface area contributed by atoms with Crippen LogP contribution in [0.25, 0.3) is 0 Å². The summed E-state index contributed by atoms with van der Waals surface area (Å²) < 4.78 is 1.74. The predicted octanol–water partition coefficient (Wildman–Crippen LogP) is 1.82. The van der Waals surface area contributed by atoms with E-state index in [9.17, 15) is 4.79 Å². The van der Waals surface area contributed by atoms with Crippen molar-refractivity contribution in [1.29, 1.82) is 0 Å². The fourth-order valence-electron chi connectivity index (χ4n) is 1.26. The van der Waals surface area contributed by atoms with Crippen molar-refractivity contribution in [3.8, 4) is 0 Å². The molecule has 1 aromatic heterocycles. The van der Waals surface area contributed by atoms with Gasteiger partial charge in [-0.05, 0) is 18.9 Å². The van der Waals surface area contributed by atoms with E-state index >= 15 is 0 Å². The number of hydrogen-bond acceptors (Lipinski definition) is 1. The van der Waals surface area contributed by atoms with Gasteiger partial charge in [0.05, 0.1) is 0 Å². The minimum absolute atomic E-state index is 0.0948. The molecule has 0 saturated heterocycles. The molecule has 0 atom stereocenters. The van der Waals surface area contributed by atoms with Gasteiger partial charge in [-0.2, -0.15) is 0 Å². The lowest BCUT2D eigenvalue weighted by Crippen LogP contribution is -2.17. The maximum Gasteiger partial charge on any atom is 0.250 e. The van der Waals surface area contributed by atoms with Crippen LogP contribution in [-0.2, 0) is 13.0 Å². The molecule has 1 rings (SSSR count). The highest BCUT2D eigenvalue weighted by molar-refractivity contribution is 5.09. The molecule has 0 radical (unpaired) electrons. The van der Waals surface area contributed by atoms with Crippen LogP contribution in [0.3, 0.4) is 0 Å². The molecule has 0 fully saturated rings. The van der Waals surface area contributed by atoms with Crippen LogP contribution in [0.15, 0.2) is 23.1 Å². The normalized spacial score (nSPS) is 10.2. The van der Waals surface area contributed by atoms with Gasteiger partial charge in [0.1, 0.15) is 0 Å². The molecular formula is C10H15NO. The van der Waals surface area contributed by atoms with Crippen molar-refractivity contribution in [3.63, 3.8) is 0 Å². The Kier molecular flexibility index (Phi) is 3.09. The molecule has 0 amide bonds. The Morgan fingerprint density at radius 3 is 2.67 bits per heavy atom. The molecule has 1 aromatic rings. The molecule has 2 nitrogen and oxygen atoms in total. The van der Waals surface area contributed by atoms with Gasteiger partial charge in [0.2, 0.25) is 0 Å². The average molecular weight is 165 g/mol. The van der Waals surface area contributed by atoms with Crippen LogP contribution in [0.2, 0.25) is 0 Å². The fraction of sp³-hybridized carbons (Fsp3) is 0.500. The zero-order valence-corrected chi connectivity index (χ0v) is 7.71. The van der Waals surface area contributed by atoms with Gasteiger partial charge in [-0.15, -0.1) is 0 Å². The number of rotatable bonds is 3. The smallest absolute Gasteiger partial charge is 0.250 e. The molecule has 66 valence electrons. The summed E-state index contributed by atoms with van der Waals surface area (Å²) in [6, 6.07) is 3.56. The highest BCUT2D eigenvalue weighted by atomic mass is 16.1. The van der Waals surface area contributed by atoms with Crippen LogP contribution in [0.1, 0.15) is 25.8 Å². The SMILES string of the molecule is CCCc1ccc(=O)n(CC)c1. The van der Waals surface area contributed by atoms with E-state index in [1.165, 1.54) is 5.56 Å². The van der Waals surface area contributed by atoms with Crippen LogP contribution < -0.4 is 5.56 Å². The summed E-state index contributed by atoms with van der Waals surface area (Å²) >= 11 is 0. The first-order chi connectivity index (χ1) is 5.77. The van der Waals surface area contributed by atoms with Crippen LogP contribution in [0.5, 0.6) is 0 Å². The molecule has 2 heteroatoms. The third-order valence-corrected chi connectivity index (χ3v) is 1.92. The summed E-state index contributed by atoms with van der Waals surface area (Å²) in [5, 5.41) is 0. The lowest BCUT2D eigenvalue weighted by molar-refractivity contribution is 0.714. The first-order valence-corrected chi connectivity index (χ1v) is 4.47. The van der Waals surface area contributed by atoms with Crippen molar-refractivity contribution in [2.24, 2.45) is 0 Å². The Bertz CT molecular complexity index is 301. The standard InChI is InChI=1S/C10H15NO/c1-3-5-9-6-7-10(12)11(4-2)8-9/h6-8H,3-5H2,1-2H3. The molecule has 0 bridgehead atoms. The molecule has 12 heavy (non-hydrogen) atoms. The molecule has 0 aliphatic carbocycles. The van der Waals surface area contributed by atoms with Crippen molar-refractivity contribution in [1.82, 2.24) is 4.57 Å². The Morgan fingerprint density at radius 1 is 1.33 bits per heavy atom. The number of hydrogen-bond donors (Lipinski definition) is 0. The van der Waals surface area contributed by atoms with Crippen LogP contribution in [0, 0.1) is 0 Å². The Balaban J connectivity index is 2.97. The van der Waals surface area contributed by atoms with Gasteiger partial charge in [0.25, 0.3) is 5.56 Å². The van der Waals surface area contributed by atoms with E-state index in [0.29, 0.717) is 0 Å². The maximum absolute atomic E-state index is 11.2. The third kappa shape index (κ3) is 1.97. The number of nitrogens with zero attached hydrogens (tertiary/aromatic N) is 1. The van der Waals surface area contributed by atoms with Crippen molar-refractivity contribution in [3.05, 3.63) is 34.2 Å². The highest BCUT2D eigenvalue weighted by Crippen LogP contribution is 1.99. The summed E-state index contributed by atoms with van der Waals surface area (Å²) in [7, 11) is 0. The second kappa shape index (κ2) is 4.10. The van der Waals surface area contributed by atoms with E-state index in [1.807, 2.05) is 19.2 Å². The maximum atomic E-state index is 11.2. The van der Waals surface area contributed by atoms with Crippen molar-refractivity contribution >= 4 is 0 Å². The van der Waals surface area contributed by atoms with Crippen molar-refractivity contribution < 1.29 is 0 Å². The van der Waals surface area contributed by atoms with Crippen LogP contribution in [-0.4, -0.2) is 4.57 Å². The van der Waals surface area contributed by atoms with E-state index in [-0.39, 0.29) is 5.56 Å². The van der Waals surface area contributed by atoms with Gasteiger partial charge in [0, 0.05) is 18.8 Å². The van der Waals surface area contributed by atoms with Crippen LogP contribution in [0.4, 0.5) is 0 Å². The van der Waals surface area contributed by atoms with Crippen molar-refractivity contribution in [2.75, 3.05) is 0 Å². The molecular weight excluding hydrogens is 150 g/mol. The summed E-state index contributed by atoms with van der Waals surface area (Å²) in [4.78, 5) is 11.2. The molecule has 0 aliphatic heterocycles. The summed E-state index contributed by atoms with van der Waals surface area (Å²) in [5.41, 5.74) is 1.34. The second-order valence-corrected chi connectivity index (χ2v) is 2.91. The van der Waals surface area contributed by atoms with E-state index in [1.54, 1.807) is 10.6 Å². The number of pyridine rings is 1. The van der Waals surface area contributed by atoms with E-state index in [4.69, 9.17) is 0 Å². The van der Waals surface area contributed by atoms with Crippen molar-refractivity contribution in [2.45, 2.75) is 33.2 Å². The summed E-state index contributed by atoms with van der Waals surface area (Å²) in [5.74, 6) is 0. The molecule has 0 unspecified atom stereocenters. The first-order valence-electron chi connectivity index (χ1n) is 4.47. The Hall–Kier alpha value is -1.05. The lowest BCUT2D eigenvalue weighted by Gasteiger charge is -2.03. The van der Waals surface area contributed by atoms with Gasteiger partial charge >= 0.3 is 0 Å². The van der Waals surface area contributed by atoms with Gasteiger partial charge in [-0.1, -0.05) is 19.4 Å². The Labute approximate surface area is 72.8 Å². The summed E-state index contributed by atoms with van der Waals surface area (Å²) in [6.07, 6.45) is 4.13. The quantitative estimate of drug-likeness (QED) is 0.669. The Morgan fingerprint density at radius 2 is 2.08 bits per heavy atom. The molecule has 0 N–H and O–H groups in total. The van der Waals surface area contributed by atoms with Gasteiger partial charge in [-0.25, -0.2) is 0 Å². The molecule has 0 spiro atoms. The minimum Gasteiger partial charge on any atom is -0.316 e. The van der Waals surface area contributed by atoms with Gasteiger partial charge < -0.3 is 4.57 Å². The molecule has 0 aliphatic rings. The second-order valence-electron chi connectivity index (χ2n) is 2.91. The lowest BCUT2D eigenvalue weighted by atomic mass is 10.2. The molecule has 1 heterocycles. The highest BCUT2D eigenvalue weighted by Gasteiger charge is 1.94.